The third-order valence-electron chi connectivity index (χ3n) is 0. The van der Waals surface area contributed by atoms with Gasteiger partial charge in [0.15, 0.2) is 0 Å². The predicted molar refractivity (Wildman–Crippen MR) is 6.86 cm³/mol. The van der Waals surface area contributed by atoms with Gasteiger partial charge < -0.3 is 14.4 Å². The topological polar surface area (TPSA) is 46.1 Å². The third-order valence-corrected chi connectivity index (χ3v) is 0. The Morgan fingerprint density at radius 3 is 1.17 bits per heavy atom. The zero-order chi connectivity index (χ0) is 3.58. The smallest absolute Gasteiger partial charge is 0.867 e. The van der Waals surface area contributed by atoms with Crippen molar-refractivity contribution in [2.45, 2.75) is 0 Å². The molecule has 44 valence electrons. The van der Waals surface area contributed by atoms with Crippen molar-refractivity contribution in [2.75, 3.05) is 0 Å². The van der Waals surface area contributed by atoms with E-state index in [1.807, 2.05) is 0 Å². The van der Waals surface area contributed by atoms with Crippen LogP contribution in [0.3, 0.4) is 0 Å². The van der Waals surface area contributed by atoms with Gasteiger partial charge >= 0.3 is 44.8 Å². The van der Waals surface area contributed by atoms with E-state index < -0.39 is 7.40 Å². The van der Waals surface area contributed by atoms with Gasteiger partial charge in [0, 0.05) is 0 Å². The first kappa shape index (κ1) is 15.7. The van der Waals surface area contributed by atoms with Gasteiger partial charge in [-0.15, -0.1) is 0 Å². The molecule has 0 fully saturated rings. The van der Waals surface area contributed by atoms with Gasteiger partial charge in [-0.1, -0.05) is 0 Å². The molecule has 0 atom stereocenters. The van der Waals surface area contributed by atoms with E-state index in [1.54, 1.807) is 0 Å². The van der Waals surface area contributed by atoms with Crippen LogP contribution in [0.15, 0.2) is 0 Å². The molecule has 0 rings (SSSR count). The van der Waals surface area contributed by atoms with Crippen LogP contribution in [0.4, 0.5) is 4.32 Å². The normalized spacial score (nSPS) is 4.50. The van der Waals surface area contributed by atoms with Crippen LogP contribution in [-0.2, 0) is 44.8 Å². The van der Waals surface area contributed by atoms with E-state index in [9.17, 15) is 4.32 Å². The number of hydrogen-bond acceptors (Lipinski definition) is 2. The molecule has 0 aliphatic heterocycles. The van der Waals surface area contributed by atoms with E-state index in [1.165, 1.54) is 0 Å². The zero-order valence-corrected chi connectivity index (χ0v) is 6.71. The Balaban J connectivity index is -0.0000000450. The van der Waals surface area contributed by atoms with Gasteiger partial charge in [0.05, 0.1) is 0 Å². The fourth-order valence-corrected chi connectivity index (χ4v) is 0. The maximum Gasteiger partial charge on any atom is 1.00 e. The SMILES string of the molecule is [Au+].[Au+].[O-]B([O-])F. The molecule has 0 aromatic rings. The van der Waals surface area contributed by atoms with Gasteiger partial charge in [-0.2, -0.15) is 0 Å². The van der Waals surface area contributed by atoms with Crippen LogP contribution in [0.5, 0.6) is 0 Å². The molecule has 0 saturated carbocycles. The summed E-state index contributed by atoms with van der Waals surface area (Å²) >= 11 is 0. The minimum atomic E-state index is -3.17. The molecule has 6 heavy (non-hydrogen) atoms. The average molecular weight is 456 g/mol. The Hall–Kier alpha value is 1.40. The minimum absolute atomic E-state index is 0. The fourth-order valence-electron chi connectivity index (χ4n) is 0. The Labute approximate surface area is 66.3 Å². The van der Waals surface area contributed by atoms with Gasteiger partial charge in [0.1, 0.15) is 7.40 Å². The minimum Gasteiger partial charge on any atom is -0.867 e. The number of hydrogen-bond donors (Lipinski definition) is 0. The number of halogens is 1. The van der Waals surface area contributed by atoms with E-state index >= 15 is 0 Å². The Morgan fingerprint density at radius 2 is 1.17 bits per heavy atom. The largest absolute Gasteiger partial charge is 1.00 e. The molecule has 6 heteroatoms. The quantitative estimate of drug-likeness (QED) is 0.384. The molecule has 0 saturated heterocycles. The summed E-state index contributed by atoms with van der Waals surface area (Å²) in [6.07, 6.45) is 0. The molecule has 0 spiro atoms. The molecule has 0 aliphatic carbocycles. The predicted octanol–water partition coefficient (Wildman–Crippen LogP) is -2.34. The summed E-state index contributed by atoms with van der Waals surface area (Å²) in [6, 6.07) is 0. The van der Waals surface area contributed by atoms with Crippen molar-refractivity contribution in [1.29, 1.82) is 0 Å². The van der Waals surface area contributed by atoms with Crippen molar-refractivity contribution >= 4 is 7.40 Å². The van der Waals surface area contributed by atoms with Gasteiger partial charge in [0.25, 0.3) is 0 Å². The van der Waals surface area contributed by atoms with Crippen molar-refractivity contribution in [1.82, 2.24) is 0 Å². The molecular formula is Au2BFO2. The molecule has 2 nitrogen and oxygen atoms in total. The van der Waals surface area contributed by atoms with Crippen molar-refractivity contribution in [3.05, 3.63) is 0 Å². The first-order chi connectivity index (χ1) is 1.73. The molecule has 0 N–H and O–H groups in total. The van der Waals surface area contributed by atoms with Crippen LogP contribution in [0.25, 0.3) is 0 Å². The van der Waals surface area contributed by atoms with Crippen molar-refractivity contribution in [2.24, 2.45) is 0 Å². The van der Waals surface area contributed by atoms with E-state index in [4.69, 9.17) is 10.0 Å². The van der Waals surface area contributed by atoms with Crippen molar-refractivity contribution < 1.29 is 59.1 Å². The Bertz CT molecular complexity index is 16.3. The van der Waals surface area contributed by atoms with Crippen LogP contribution in [0.1, 0.15) is 0 Å². The summed E-state index contributed by atoms with van der Waals surface area (Å²) in [4.78, 5) is 0. The second-order valence-electron chi connectivity index (χ2n) is 0.274. The molecule has 0 unspecified atom stereocenters. The van der Waals surface area contributed by atoms with Crippen LogP contribution in [0, 0.1) is 0 Å². The molecule has 0 heterocycles. The average Bonchev–Trinajstić information content (AvgIpc) is 0.811. The molecule has 0 aromatic heterocycles. The van der Waals surface area contributed by atoms with Crippen molar-refractivity contribution in [3.63, 3.8) is 0 Å². The molecule has 0 aromatic carbocycles. The maximum absolute atomic E-state index is 9.89. The maximum atomic E-state index is 9.89. The van der Waals surface area contributed by atoms with Crippen LogP contribution >= 0.6 is 0 Å². The number of rotatable bonds is 0. The van der Waals surface area contributed by atoms with Gasteiger partial charge in [-0.25, -0.2) is 0 Å². The van der Waals surface area contributed by atoms with Crippen molar-refractivity contribution in [3.8, 4) is 0 Å². The monoisotopic (exact) mass is 456 g/mol. The van der Waals surface area contributed by atoms with Crippen LogP contribution < -0.4 is 10.0 Å². The molecule has 0 amide bonds. The fraction of sp³-hybridized carbons (Fsp3) is 0. The van der Waals surface area contributed by atoms with Gasteiger partial charge in [-0.3, -0.25) is 0 Å². The molecule has 0 radical (unpaired) electrons. The third kappa shape index (κ3) is 53.5. The Kier molecular flexibility index (Phi) is 25.1. The second kappa shape index (κ2) is 9.64. The van der Waals surface area contributed by atoms with Crippen LogP contribution in [-0.4, -0.2) is 7.40 Å². The van der Waals surface area contributed by atoms with Crippen LogP contribution in [0.2, 0.25) is 0 Å². The summed E-state index contributed by atoms with van der Waals surface area (Å²) in [5, 5.41) is 16.6. The van der Waals surface area contributed by atoms with Gasteiger partial charge in [-0.05, 0) is 0 Å². The summed E-state index contributed by atoms with van der Waals surface area (Å²) < 4.78 is 9.89. The summed E-state index contributed by atoms with van der Waals surface area (Å²) in [7, 11) is -3.17. The first-order valence-corrected chi connectivity index (χ1v) is 0.690. The van der Waals surface area contributed by atoms with Gasteiger partial charge in [0.2, 0.25) is 0 Å². The Morgan fingerprint density at radius 1 is 1.17 bits per heavy atom. The summed E-state index contributed by atoms with van der Waals surface area (Å²) in [5.41, 5.74) is 0. The summed E-state index contributed by atoms with van der Waals surface area (Å²) in [5.74, 6) is 0. The van der Waals surface area contributed by atoms with E-state index in [0.29, 0.717) is 0 Å². The molecule has 0 bridgehead atoms. The zero-order valence-electron chi connectivity index (χ0n) is 2.37. The van der Waals surface area contributed by atoms with E-state index in [-0.39, 0.29) is 44.8 Å². The summed E-state index contributed by atoms with van der Waals surface area (Å²) in [6.45, 7) is 0. The van der Waals surface area contributed by atoms with E-state index in [0.717, 1.165) is 0 Å². The standard InChI is InChI=1S/2Au.BFO2/c;;2-1(3)4/q2*+1;-2. The molecular weight excluding hydrogens is 456 g/mol. The first-order valence-electron chi connectivity index (χ1n) is 0.690. The molecule has 0 aliphatic rings. The second-order valence-corrected chi connectivity index (χ2v) is 0.274. The van der Waals surface area contributed by atoms with E-state index in [2.05, 4.69) is 0 Å².